The Morgan fingerprint density at radius 1 is 0.674 bits per heavy atom. The number of imidazole rings is 2. The van der Waals surface area contributed by atoms with Crippen molar-refractivity contribution in [3.63, 3.8) is 0 Å². The van der Waals surface area contributed by atoms with Crippen molar-refractivity contribution >= 4 is 89.1 Å². The SMILES string of the molecule is C[C@@H](NC(=O)c1cn(COCC[Si](C)(C)C)c2ncc(-c3nc(CO)n4cc(F)ccc34)nc12)C(=O)N1CC(C#N)C1.C[C@@H](NC(=O)c1cn(COCC[Si](C)(C)C)c2ncc(Br)nc12)C(=O)N1CC(C#N)C1.Cc1nc(CO)n2cc(F)ccc12. The predicted octanol–water partition coefficient (Wildman–Crippen LogP) is 6.67. The van der Waals surface area contributed by atoms with Gasteiger partial charge in [0.2, 0.25) is 11.8 Å². The highest BCUT2D eigenvalue weighted by Crippen LogP contribution is 2.28. The first-order valence-corrected chi connectivity index (χ1v) is 36.0. The van der Waals surface area contributed by atoms with Gasteiger partial charge in [-0.05, 0) is 73.1 Å². The highest BCUT2D eigenvalue weighted by Gasteiger charge is 2.35. The number of hydrogen-bond acceptors (Lipinski definition) is 16. The Balaban J connectivity index is 0.000000190. The number of aliphatic hydroxyl groups is 2. The summed E-state index contributed by atoms with van der Waals surface area (Å²) < 4.78 is 45.5. The van der Waals surface area contributed by atoms with Gasteiger partial charge < -0.3 is 49.3 Å². The number of carbonyl (C=O) groups is 4. The molecule has 2 aliphatic heterocycles. The molecule has 4 amide bonds. The maximum Gasteiger partial charge on any atom is 0.255 e. The van der Waals surface area contributed by atoms with Crippen LogP contribution in [0.2, 0.25) is 51.4 Å². The van der Waals surface area contributed by atoms with Crippen LogP contribution in [0.1, 0.15) is 51.9 Å². The van der Waals surface area contributed by atoms with Gasteiger partial charge in [0.1, 0.15) is 89.1 Å². The molecule has 2 fully saturated rings. The van der Waals surface area contributed by atoms with Crippen LogP contribution in [0.5, 0.6) is 0 Å². The molecule has 0 radical (unpaired) electrons. The molecule has 8 aromatic rings. The van der Waals surface area contributed by atoms with Gasteiger partial charge >= 0.3 is 0 Å². The molecule has 2 saturated heterocycles. The molecular weight excluding hydrogens is 1210 g/mol. The van der Waals surface area contributed by atoms with Crippen LogP contribution in [0.4, 0.5) is 8.78 Å². The van der Waals surface area contributed by atoms with Crippen molar-refractivity contribution in [3.05, 3.63) is 106 Å². The van der Waals surface area contributed by atoms with Crippen LogP contribution in [0.15, 0.2) is 66.0 Å². The van der Waals surface area contributed by atoms with Gasteiger partial charge in [-0.3, -0.25) is 28.0 Å². The fourth-order valence-electron chi connectivity index (χ4n) is 9.33. The number of hydrogen-bond donors (Lipinski definition) is 4. The molecule has 29 heteroatoms. The van der Waals surface area contributed by atoms with Crippen LogP contribution < -0.4 is 10.6 Å². The quantitative estimate of drug-likeness (QED) is 0.0485. The van der Waals surface area contributed by atoms with Crippen molar-refractivity contribution < 1.29 is 47.6 Å². The third-order valence-electron chi connectivity index (χ3n) is 14.3. The van der Waals surface area contributed by atoms with E-state index in [4.69, 9.17) is 30.1 Å². The molecule has 0 bridgehead atoms. The van der Waals surface area contributed by atoms with Crippen LogP contribution in [-0.2, 0) is 45.7 Å². The lowest BCUT2D eigenvalue weighted by atomic mass is 10.0. The molecular formula is C57H69BrF2N16O8Si2. The molecule has 0 aromatic carbocycles. The lowest BCUT2D eigenvalue weighted by Gasteiger charge is -2.37. The fourth-order valence-corrected chi connectivity index (χ4v) is 11.1. The van der Waals surface area contributed by atoms with E-state index < -0.39 is 52.5 Å². The Morgan fingerprint density at radius 3 is 1.58 bits per heavy atom. The van der Waals surface area contributed by atoms with Crippen molar-refractivity contribution in [1.82, 2.24) is 68.3 Å². The number of nitriles is 2. The number of rotatable bonds is 19. The zero-order valence-electron chi connectivity index (χ0n) is 49.3. The molecule has 0 unspecified atom stereocenters. The number of carbonyl (C=O) groups excluding carboxylic acids is 4. The normalized spacial score (nSPS) is 14.4. The number of fused-ring (bicyclic) bond motifs is 4. The summed E-state index contributed by atoms with van der Waals surface area (Å²) >= 11 is 3.30. The second kappa shape index (κ2) is 27.2. The van der Waals surface area contributed by atoms with E-state index in [-0.39, 0.29) is 66.4 Å². The van der Waals surface area contributed by atoms with Gasteiger partial charge in [-0.2, -0.15) is 10.5 Å². The molecule has 8 aromatic heterocycles. The van der Waals surface area contributed by atoms with E-state index in [1.54, 1.807) is 56.9 Å². The number of aliphatic hydroxyl groups excluding tert-OH is 2. The fraction of sp³-hybridized carbons (Fsp3) is 0.439. The highest BCUT2D eigenvalue weighted by atomic mass is 79.9. The number of halogens is 3. The molecule has 2 atom stereocenters. The van der Waals surface area contributed by atoms with Crippen molar-refractivity contribution in [2.75, 3.05) is 39.4 Å². The zero-order chi connectivity index (χ0) is 62.4. The van der Waals surface area contributed by atoms with Crippen LogP contribution in [-0.4, -0.2) is 159 Å². The maximum absolute atomic E-state index is 13.9. The van der Waals surface area contributed by atoms with Gasteiger partial charge in [0.15, 0.2) is 11.3 Å². The molecule has 10 heterocycles. The number of aromatic nitrogens is 10. The molecule has 2 aliphatic rings. The average Bonchev–Trinajstić information content (AvgIpc) is 1.76. The summed E-state index contributed by atoms with van der Waals surface area (Å²) in [5.74, 6) is -1.84. The summed E-state index contributed by atoms with van der Waals surface area (Å²) in [6.45, 7) is 21.2. The van der Waals surface area contributed by atoms with E-state index in [2.05, 4.69) is 103 Å². The molecule has 0 aliphatic carbocycles. The minimum Gasteiger partial charge on any atom is -0.388 e. The summed E-state index contributed by atoms with van der Waals surface area (Å²) in [5.41, 5.74) is 5.02. The highest BCUT2D eigenvalue weighted by molar-refractivity contribution is 9.10. The average molecular weight is 1280 g/mol. The number of pyridine rings is 2. The summed E-state index contributed by atoms with van der Waals surface area (Å²) in [6.07, 6.45) is 8.89. The van der Waals surface area contributed by atoms with Crippen molar-refractivity contribution in [2.45, 2.75) is 111 Å². The number of ether oxygens (including phenoxy) is 2. The predicted molar refractivity (Wildman–Crippen MR) is 322 cm³/mol. The second-order valence-corrected chi connectivity index (χ2v) is 35.6. The number of nitrogens with zero attached hydrogens (tertiary/aromatic N) is 14. The third-order valence-corrected chi connectivity index (χ3v) is 18.1. The Kier molecular flexibility index (Phi) is 20.3. The Labute approximate surface area is 504 Å². The summed E-state index contributed by atoms with van der Waals surface area (Å²) in [7, 11) is -2.51. The minimum absolute atomic E-state index is 0.126. The van der Waals surface area contributed by atoms with Crippen LogP contribution in [0, 0.1) is 53.1 Å². The zero-order valence-corrected chi connectivity index (χ0v) is 52.9. The van der Waals surface area contributed by atoms with E-state index in [0.29, 0.717) is 89.1 Å². The first kappa shape index (κ1) is 64.1. The van der Waals surface area contributed by atoms with Crippen LogP contribution in [0.25, 0.3) is 44.7 Å². The summed E-state index contributed by atoms with van der Waals surface area (Å²) in [4.78, 5) is 81.5. The van der Waals surface area contributed by atoms with Crippen molar-refractivity contribution in [1.29, 1.82) is 10.5 Å². The summed E-state index contributed by atoms with van der Waals surface area (Å²) in [6, 6.07) is 10.6. The molecule has 86 heavy (non-hydrogen) atoms. The van der Waals surface area contributed by atoms with Crippen molar-refractivity contribution in [2.24, 2.45) is 11.8 Å². The number of nitrogens with one attached hydrogen (secondary N) is 2. The Hall–Kier alpha value is -7.91. The van der Waals surface area contributed by atoms with Crippen LogP contribution >= 0.6 is 15.9 Å². The summed E-state index contributed by atoms with van der Waals surface area (Å²) in [5, 5.41) is 42.1. The van der Waals surface area contributed by atoms with E-state index in [9.17, 15) is 33.1 Å². The molecule has 10 rings (SSSR count). The van der Waals surface area contributed by atoms with Gasteiger partial charge in [0, 0.05) is 80.3 Å². The Morgan fingerprint density at radius 2 is 1.12 bits per heavy atom. The van der Waals surface area contributed by atoms with E-state index in [1.807, 2.05) is 6.92 Å². The Bertz CT molecular complexity index is 3910. The van der Waals surface area contributed by atoms with Gasteiger partial charge in [0.25, 0.3) is 11.8 Å². The maximum atomic E-state index is 13.9. The van der Waals surface area contributed by atoms with E-state index in [0.717, 1.165) is 23.3 Å². The molecule has 0 spiro atoms. The first-order chi connectivity index (χ1) is 40.8. The second-order valence-electron chi connectivity index (χ2n) is 23.6. The standard InChI is InChI=1S/C28H33FN8O4Si.C20H27BrN6O3Si.C9H9FN2O/c1-17(28(40)35-11-18(9-30)12-35)32-27(39)20-14-36(16-41-7-8-42(2,3)4)26-24(20)33-21(10-31-26)25-22-6-5-19(29)13-37(22)23(15-38)34-25;1-13(20(29)26-9-14(7-22)10-26)24-19(28)15-11-27(12-30-5-6-31(2,3)4)18-17(15)25-16(21)8-23-18;1-6-8-3-2-7(10)4-12(8)9(5-13)11-6/h5-6,10,13-14,17-18,38H,7-8,11-12,15-16H2,1-4H3,(H,32,39);8,11,13-14H,5-6,9-10,12H2,1-4H3,(H,24,28);2-4,13H,5H2,1H3/t17-;13-;/m11./s1. The third kappa shape index (κ3) is 15.2. The largest absolute Gasteiger partial charge is 0.388 e. The topological polar surface area (TPSA) is 301 Å². The molecule has 4 N–H and O–H groups in total. The number of aryl methyl sites for hydroxylation is 1. The van der Waals surface area contributed by atoms with Gasteiger partial charge in [-0.25, -0.2) is 38.7 Å². The van der Waals surface area contributed by atoms with Gasteiger partial charge in [-0.15, -0.1) is 0 Å². The van der Waals surface area contributed by atoms with E-state index >= 15 is 0 Å². The van der Waals surface area contributed by atoms with Crippen molar-refractivity contribution in [3.8, 4) is 23.5 Å². The lowest BCUT2D eigenvalue weighted by molar-refractivity contribution is -0.138. The van der Waals surface area contributed by atoms with E-state index in [1.165, 1.54) is 46.1 Å². The number of likely N-dealkylation sites (tertiary alicyclic amines) is 2. The smallest absolute Gasteiger partial charge is 0.255 e. The van der Waals surface area contributed by atoms with Crippen LogP contribution in [0.3, 0.4) is 0 Å². The molecule has 24 nitrogen and oxygen atoms in total. The van der Waals surface area contributed by atoms with Gasteiger partial charge in [-0.1, -0.05) is 39.3 Å². The monoisotopic (exact) mass is 1280 g/mol. The molecule has 0 saturated carbocycles. The number of amides is 4. The molecule has 454 valence electrons. The minimum atomic E-state index is -1.31. The van der Waals surface area contributed by atoms with Gasteiger partial charge in [0.05, 0.1) is 64.2 Å². The first-order valence-electron chi connectivity index (χ1n) is 27.8. The lowest BCUT2D eigenvalue weighted by Crippen LogP contribution is -2.55.